The molecule has 0 atom stereocenters. The van der Waals surface area contributed by atoms with Crippen LogP contribution in [0, 0.1) is 0 Å². The van der Waals surface area contributed by atoms with Gasteiger partial charge in [0.05, 0.1) is 12.8 Å². The summed E-state index contributed by atoms with van der Waals surface area (Å²) in [4.78, 5) is 30.9. The van der Waals surface area contributed by atoms with E-state index in [0.29, 0.717) is 5.56 Å². The number of amides is 2. The molecule has 21 heavy (non-hydrogen) atoms. The van der Waals surface area contributed by atoms with E-state index in [9.17, 15) is 9.59 Å². The van der Waals surface area contributed by atoms with Gasteiger partial charge in [-0.05, 0) is 18.2 Å². The van der Waals surface area contributed by atoms with Crippen LogP contribution in [0.25, 0.3) is 0 Å². The van der Waals surface area contributed by atoms with Gasteiger partial charge in [-0.1, -0.05) is 6.07 Å². The average Bonchev–Trinajstić information content (AvgIpc) is 2.54. The van der Waals surface area contributed by atoms with Crippen LogP contribution in [-0.4, -0.2) is 34.5 Å². The van der Waals surface area contributed by atoms with Gasteiger partial charge in [0, 0.05) is 35.9 Å². The van der Waals surface area contributed by atoms with Crippen molar-refractivity contribution in [2.75, 3.05) is 6.54 Å². The lowest BCUT2D eigenvalue weighted by Crippen LogP contribution is -2.34. The zero-order valence-electron chi connectivity index (χ0n) is 11.1. The predicted octanol–water partition coefficient (Wildman–Crippen LogP) is 0.357. The van der Waals surface area contributed by atoms with Crippen LogP contribution in [0.1, 0.15) is 15.9 Å². The molecule has 0 fully saturated rings. The van der Waals surface area contributed by atoms with E-state index < -0.39 is 5.91 Å². The van der Waals surface area contributed by atoms with E-state index in [1.54, 1.807) is 36.7 Å². The van der Waals surface area contributed by atoms with E-state index >= 15 is 0 Å². The Hall–Kier alpha value is -3.09. The molecule has 106 valence electrons. The maximum Gasteiger partial charge on any atom is 0.259 e. The summed E-state index contributed by atoms with van der Waals surface area (Å²) in [5.74, 6) is -0.763. The van der Waals surface area contributed by atoms with Gasteiger partial charge in [-0.2, -0.15) is 5.10 Å². The van der Waals surface area contributed by atoms with Gasteiger partial charge in [-0.15, -0.1) is 0 Å². The lowest BCUT2D eigenvalue weighted by Gasteiger charge is -2.03. The number of hydrogen-bond donors (Lipinski definition) is 2. The smallest absolute Gasteiger partial charge is 0.259 e. The van der Waals surface area contributed by atoms with Crippen molar-refractivity contribution < 1.29 is 9.59 Å². The highest BCUT2D eigenvalue weighted by Crippen LogP contribution is 1.94. The van der Waals surface area contributed by atoms with Crippen LogP contribution < -0.4 is 10.7 Å². The van der Waals surface area contributed by atoms with Crippen molar-refractivity contribution >= 4 is 18.0 Å². The monoisotopic (exact) mass is 283 g/mol. The molecule has 2 N–H and O–H groups in total. The normalized spacial score (nSPS) is 10.3. The minimum absolute atomic E-state index is 0.161. The SMILES string of the molecule is O=C(CNC(=O)c1ccncc1)NN=Cc1cccnc1. The van der Waals surface area contributed by atoms with E-state index in [2.05, 4.69) is 25.8 Å². The van der Waals surface area contributed by atoms with Crippen molar-refractivity contribution in [2.24, 2.45) is 5.10 Å². The molecule has 2 heterocycles. The Kier molecular flexibility index (Phi) is 5.11. The summed E-state index contributed by atoms with van der Waals surface area (Å²) in [6, 6.07) is 6.69. The molecule has 0 saturated heterocycles. The molecule has 2 aromatic heterocycles. The van der Waals surface area contributed by atoms with Gasteiger partial charge >= 0.3 is 0 Å². The minimum Gasteiger partial charge on any atom is -0.343 e. The quantitative estimate of drug-likeness (QED) is 0.611. The van der Waals surface area contributed by atoms with Gasteiger partial charge in [0.25, 0.3) is 11.8 Å². The zero-order chi connectivity index (χ0) is 14.9. The summed E-state index contributed by atoms with van der Waals surface area (Å²) in [6.45, 7) is -0.161. The average molecular weight is 283 g/mol. The number of pyridine rings is 2. The Morgan fingerprint density at radius 3 is 2.67 bits per heavy atom. The fraction of sp³-hybridized carbons (Fsp3) is 0.0714. The fourth-order valence-corrected chi connectivity index (χ4v) is 1.44. The largest absolute Gasteiger partial charge is 0.343 e. The highest BCUT2D eigenvalue weighted by Gasteiger charge is 2.06. The number of nitrogens with zero attached hydrogens (tertiary/aromatic N) is 3. The Labute approximate surface area is 121 Å². The van der Waals surface area contributed by atoms with Crippen LogP contribution >= 0.6 is 0 Å². The van der Waals surface area contributed by atoms with Crippen molar-refractivity contribution in [3.63, 3.8) is 0 Å². The van der Waals surface area contributed by atoms with Gasteiger partial charge in [0.15, 0.2) is 0 Å². The van der Waals surface area contributed by atoms with Gasteiger partial charge in [-0.3, -0.25) is 19.6 Å². The van der Waals surface area contributed by atoms with Gasteiger partial charge in [-0.25, -0.2) is 5.43 Å². The fourth-order valence-electron chi connectivity index (χ4n) is 1.44. The Morgan fingerprint density at radius 2 is 1.95 bits per heavy atom. The Balaban J connectivity index is 1.75. The number of carbonyl (C=O) groups is 2. The van der Waals surface area contributed by atoms with Crippen LogP contribution in [0.2, 0.25) is 0 Å². The van der Waals surface area contributed by atoms with E-state index in [0.717, 1.165) is 5.56 Å². The van der Waals surface area contributed by atoms with Crippen LogP contribution in [0.3, 0.4) is 0 Å². The molecule has 7 nitrogen and oxygen atoms in total. The second kappa shape index (κ2) is 7.49. The summed E-state index contributed by atoms with van der Waals surface area (Å²) in [6.07, 6.45) is 7.74. The van der Waals surface area contributed by atoms with Crippen molar-refractivity contribution in [2.45, 2.75) is 0 Å². The molecule has 0 unspecified atom stereocenters. The maximum absolute atomic E-state index is 11.7. The summed E-state index contributed by atoms with van der Waals surface area (Å²) in [5, 5.41) is 6.25. The topological polar surface area (TPSA) is 96.3 Å². The third kappa shape index (κ3) is 4.83. The molecule has 0 radical (unpaired) electrons. The van der Waals surface area contributed by atoms with E-state index in [1.165, 1.54) is 18.6 Å². The molecule has 2 aromatic rings. The minimum atomic E-state index is -0.419. The molecular weight excluding hydrogens is 270 g/mol. The lowest BCUT2D eigenvalue weighted by molar-refractivity contribution is -0.120. The molecule has 0 bridgehead atoms. The first-order valence-corrected chi connectivity index (χ1v) is 6.16. The molecule has 0 spiro atoms. The third-order valence-corrected chi connectivity index (χ3v) is 2.44. The van der Waals surface area contributed by atoms with E-state index in [4.69, 9.17) is 0 Å². The van der Waals surface area contributed by atoms with E-state index in [1.807, 2.05) is 0 Å². The summed E-state index contributed by atoms with van der Waals surface area (Å²) in [7, 11) is 0. The summed E-state index contributed by atoms with van der Waals surface area (Å²) >= 11 is 0. The van der Waals surface area contributed by atoms with Crippen molar-refractivity contribution in [1.82, 2.24) is 20.7 Å². The van der Waals surface area contributed by atoms with Crippen LogP contribution in [0.15, 0.2) is 54.2 Å². The molecule has 0 aromatic carbocycles. The van der Waals surface area contributed by atoms with Crippen LogP contribution in [-0.2, 0) is 4.79 Å². The Bertz CT molecular complexity index is 628. The van der Waals surface area contributed by atoms with Crippen molar-refractivity contribution in [1.29, 1.82) is 0 Å². The van der Waals surface area contributed by atoms with Crippen molar-refractivity contribution in [3.8, 4) is 0 Å². The first-order valence-electron chi connectivity index (χ1n) is 6.16. The molecule has 2 rings (SSSR count). The summed E-state index contributed by atoms with van der Waals surface area (Å²) < 4.78 is 0. The van der Waals surface area contributed by atoms with E-state index in [-0.39, 0.29) is 12.5 Å². The third-order valence-electron chi connectivity index (χ3n) is 2.44. The highest BCUT2D eigenvalue weighted by atomic mass is 16.2. The Morgan fingerprint density at radius 1 is 1.14 bits per heavy atom. The molecule has 0 saturated carbocycles. The predicted molar refractivity (Wildman–Crippen MR) is 76.5 cm³/mol. The van der Waals surface area contributed by atoms with Crippen LogP contribution in [0.5, 0.6) is 0 Å². The number of aromatic nitrogens is 2. The number of carbonyl (C=O) groups excluding carboxylic acids is 2. The van der Waals surface area contributed by atoms with Crippen LogP contribution in [0.4, 0.5) is 0 Å². The molecule has 0 aliphatic carbocycles. The first-order chi connectivity index (χ1) is 10.3. The second-order valence-electron chi connectivity index (χ2n) is 4.00. The first kappa shape index (κ1) is 14.3. The number of hydrogen-bond acceptors (Lipinski definition) is 5. The lowest BCUT2D eigenvalue weighted by atomic mass is 10.2. The maximum atomic E-state index is 11.7. The van der Waals surface area contributed by atoms with Crippen molar-refractivity contribution in [3.05, 3.63) is 60.2 Å². The van der Waals surface area contributed by atoms with Gasteiger partial charge < -0.3 is 5.32 Å². The zero-order valence-corrected chi connectivity index (χ0v) is 11.1. The molecule has 7 heteroatoms. The van der Waals surface area contributed by atoms with Gasteiger partial charge in [0.2, 0.25) is 0 Å². The van der Waals surface area contributed by atoms with Gasteiger partial charge in [0.1, 0.15) is 0 Å². The number of rotatable bonds is 5. The second-order valence-corrected chi connectivity index (χ2v) is 4.00. The molecular formula is C14H13N5O2. The molecule has 0 aliphatic rings. The molecule has 0 aliphatic heterocycles. The molecule has 2 amide bonds. The number of hydrazone groups is 1. The number of nitrogens with one attached hydrogen (secondary N) is 2. The summed E-state index contributed by atoms with van der Waals surface area (Å²) in [5.41, 5.74) is 3.52. The highest BCUT2D eigenvalue weighted by molar-refractivity contribution is 5.96. The standard InChI is InChI=1S/C14H13N5O2/c20-13(19-18-9-11-2-1-5-16-8-11)10-17-14(21)12-3-6-15-7-4-12/h1-9H,10H2,(H,17,21)(H,19,20).